The summed E-state index contributed by atoms with van der Waals surface area (Å²) in [5, 5.41) is 1.80. The molecule has 0 unspecified atom stereocenters. The van der Waals surface area contributed by atoms with Crippen molar-refractivity contribution in [1.82, 2.24) is 13.8 Å². The van der Waals surface area contributed by atoms with Crippen LogP contribution >= 0.6 is 0 Å². The Morgan fingerprint density at radius 3 is 1.57 bits per heavy atom. The standard InChI is InChI=1S/C93H116N4O18S2/c1-15-17-42-107-44-26-40-96(90(101)63-28-20-19-21-29-63)55-66-46-60(3)48-72(85(66)109-57-79(98)113-91(6,7)8)74-50-62(5)51-75(87(74)111-59-81(100)115-93(12,13)14)73-49-61(4)47-67(86(73)110-58-80(99)114-92(9,10)11)56-97(41-27-45-108-43-18-16-2)116(102,103)68-34-35-69(78(54-68)117(104,105)106)82-76-52-64-30-22-36-94-38-24-32-70(83(64)94)88(76)112-89-71-33-25-39-95-37-23-31-65(84(71)95)53-77(82)89/h19-21,28-29,34-35,46-54H,15-18,22-27,30-33,36-45,55-59H2,1-14H3. The Labute approximate surface area is 690 Å². The van der Waals surface area contributed by atoms with Crippen LogP contribution in [-0.4, -0.2) is 157 Å². The molecule has 24 heteroatoms. The van der Waals surface area contributed by atoms with Crippen LogP contribution in [0.15, 0.2) is 107 Å². The number of ether oxygens (including phenoxy) is 9. The molecule has 5 aliphatic rings. The average Bonchev–Trinajstić information content (AvgIpc) is 0.705. The van der Waals surface area contributed by atoms with E-state index in [2.05, 4.69) is 28.5 Å². The summed E-state index contributed by atoms with van der Waals surface area (Å²) in [5.41, 5.74) is 8.21. The van der Waals surface area contributed by atoms with Crippen molar-refractivity contribution in [3.05, 3.63) is 174 Å². The molecule has 0 spiro atoms. The fraction of sp³-hybridized carbons (Fsp3) is 0.495. The molecule has 0 bridgehead atoms. The molecule has 7 aromatic rings. The first-order chi connectivity index (χ1) is 55.6. The third-order valence-electron chi connectivity index (χ3n) is 21.2. The van der Waals surface area contributed by atoms with Crippen molar-refractivity contribution in [2.45, 2.75) is 227 Å². The first-order valence-corrected chi connectivity index (χ1v) is 44.4. The summed E-state index contributed by atoms with van der Waals surface area (Å²) >= 11 is 0. The molecule has 0 radical (unpaired) electrons. The number of benzene rings is 7. The van der Waals surface area contributed by atoms with Crippen LogP contribution in [0.4, 0.5) is 5.69 Å². The summed E-state index contributed by atoms with van der Waals surface area (Å²) in [6.07, 6.45) is 10.7. The highest BCUT2D eigenvalue weighted by Gasteiger charge is 2.39. The van der Waals surface area contributed by atoms with Crippen molar-refractivity contribution in [1.29, 1.82) is 0 Å². The molecule has 5 heterocycles. The number of carbonyl (C=O) groups is 4. The number of carbonyl (C=O) groups excluding carboxylic acids is 4. The number of aryl methyl sites for hydroxylation is 5. The van der Waals surface area contributed by atoms with E-state index in [0.717, 1.165) is 143 Å². The highest BCUT2D eigenvalue weighted by molar-refractivity contribution is 7.89. The van der Waals surface area contributed by atoms with Gasteiger partial charge in [-0.1, -0.05) is 63.1 Å². The Kier molecular flexibility index (Phi) is 27.6. The summed E-state index contributed by atoms with van der Waals surface area (Å²) < 4.78 is 137. The minimum atomic E-state index is -5.51. The molecule has 628 valence electrons. The zero-order valence-corrected chi connectivity index (χ0v) is 72.3. The zero-order chi connectivity index (χ0) is 83.9. The third-order valence-corrected chi connectivity index (χ3v) is 23.9. The van der Waals surface area contributed by atoms with Gasteiger partial charge in [0.15, 0.2) is 19.8 Å². The van der Waals surface area contributed by atoms with E-state index in [1.165, 1.54) is 16.4 Å². The first-order valence-electron chi connectivity index (χ1n) is 41.6. The predicted octanol–water partition coefficient (Wildman–Crippen LogP) is 14.7. The number of anilines is 1. The largest absolute Gasteiger partial charge is 0.744 e. The third kappa shape index (κ3) is 21.1. The molecule has 0 saturated carbocycles. The van der Waals surface area contributed by atoms with Gasteiger partial charge in [-0.25, -0.2) is 35.8 Å². The van der Waals surface area contributed by atoms with Gasteiger partial charge in [0.2, 0.25) is 15.4 Å². The van der Waals surface area contributed by atoms with E-state index in [0.29, 0.717) is 98.6 Å². The summed E-state index contributed by atoms with van der Waals surface area (Å²) in [6, 6.07) is 27.9. The van der Waals surface area contributed by atoms with Gasteiger partial charge in [-0.15, -0.1) is 0 Å². The summed E-state index contributed by atoms with van der Waals surface area (Å²) in [7, 11) is -10.4. The molecule has 0 saturated heterocycles. The Morgan fingerprint density at radius 2 is 1.02 bits per heavy atom. The van der Waals surface area contributed by atoms with Crippen LogP contribution in [0.5, 0.6) is 28.7 Å². The van der Waals surface area contributed by atoms with E-state index >= 15 is 8.42 Å². The number of nitrogens with zero attached hydrogens (tertiary/aromatic N) is 4. The number of esters is 3. The minimum Gasteiger partial charge on any atom is -0.744 e. The van der Waals surface area contributed by atoms with Crippen LogP contribution in [0.3, 0.4) is 0 Å². The second kappa shape index (κ2) is 37.0. The van der Waals surface area contributed by atoms with Gasteiger partial charge in [0.25, 0.3) is 5.91 Å². The molecule has 0 fully saturated rings. The Balaban J connectivity index is 1.05. The van der Waals surface area contributed by atoms with E-state index < -0.39 is 91.0 Å². The van der Waals surface area contributed by atoms with Gasteiger partial charge in [0.1, 0.15) is 68.8 Å². The Bertz CT molecular complexity index is 5270. The maximum atomic E-state index is 16.4. The van der Waals surface area contributed by atoms with Gasteiger partial charge in [0, 0.05) is 156 Å². The maximum absolute atomic E-state index is 16.4. The highest BCUT2D eigenvalue weighted by Crippen LogP contribution is 2.52. The van der Waals surface area contributed by atoms with Crippen molar-refractivity contribution in [3.8, 4) is 51.0 Å². The summed E-state index contributed by atoms with van der Waals surface area (Å²) in [4.78, 5) is 60.3. The van der Waals surface area contributed by atoms with Gasteiger partial charge in [-0.2, -0.15) is 4.31 Å². The molecule has 0 N–H and O–H groups in total. The van der Waals surface area contributed by atoms with Crippen LogP contribution in [0, 0.1) is 20.8 Å². The Hall–Kier alpha value is -9.17. The minimum absolute atomic E-state index is 0.00435. The Morgan fingerprint density at radius 1 is 0.521 bits per heavy atom. The van der Waals surface area contributed by atoms with Crippen molar-refractivity contribution >= 4 is 55.2 Å². The van der Waals surface area contributed by atoms with Crippen LogP contribution < -0.4 is 39.0 Å². The van der Waals surface area contributed by atoms with Crippen molar-refractivity contribution < 1.29 is 83.2 Å². The second-order valence-corrected chi connectivity index (χ2v) is 37.7. The van der Waals surface area contributed by atoms with Crippen LogP contribution in [0.1, 0.15) is 212 Å². The average molecular weight is 1640 g/mol. The smallest absolute Gasteiger partial charge is 0.344 e. The SMILES string of the molecule is CCCCOCCCN(Cc1cc(C)cc(-c2cc(C)cc(-c3cc(C)cc(CN(CCCOCCCC)S(=O)(=O)c4ccc(C5=c6cc7c8c(c6Oc6c5cc5c9c6CCCN9CCC5)CCC[N+]=8CCC7)c(S(=O)(=O)[O-])c4)c3OCC(=O)OC(C)(C)C)c2OCC(=O)OC(C)(C)C)c1OCC(=O)OC(C)(C)C)C(=O)c1ccccc1. The fourth-order valence-electron chi connectivity index (χ4n) is 16.6. The molecule has 0 aliphatic carbocycles. The van der Waals surface area contributed by atoms with E-state index in [4.69, 9.17) is 42.6 Å². The molecule has 5 aliphatic heterocycles. The van der Waals surface area contributed by atoms with E-state index in [9.17, 15) is 32.1 Å². The molecular formula is C93H116N4O18S2. The lowest BCUT2D eigenvalue weighted by Gasteiger charge is -2.39. The number of sulfonamides is 1. The lowest BCUT2D eigenvalue weighted by atomic mass is 9.82. The molecule has 7 aromatic carbocycles. The number of amides is 1. The predicted molar refractivity (Wildman–Crippen MR) is 450 cm³/mol. The van der Waals surface area contributed by atoms with Gasteiger partial charge in [0.05, 0.1) is 15.4 Å². The summed E-state index contributed by atoms with van der Waals surface area (Å²) in [5.74, 6) is -0.921. The van der Waals surface area contributed by atoms with Crippen LogP contribution in [0.2, 0.25) is 0 Å². The number of rotatable bonds is 34. The van der Waals surface area contributed by atoms with Crippen molar-refractivity contribution in [3.63, 3.8) is 0 Å². The zero-order valence-electron chi connectivity index (χ0n) is 70.7. The lowest BCUT2D eigenvalue weighted by Crippen LogP contribution is -2.45. The van der Waals surface area contributed by atoms with E-state index in [1.807, 2.05) is 58.0 Å². The molecule has 12 rings (SSSR count). The maximum Gasteiger partial charge on any atom is 0.344 e. The molecule has 117 heavy (non-hydrogen) atoms. The van der Waals surface area contributed by atoms with Crippen molar-refractivity contribution in [2.75, 3.05) is 90.4 Å². The normalized spacial score (nSPS) is 14.5. The molecular weight excluding hydrogens is 1530 g/mol. The summed E-state index contributed by atoms with van der Waals surface area (Å²) in [6.45, 7) is 28.1. The van der Waals surface area contributed by atoms with E-state index in [-0.39, 0.29) is 72.5 Å². The fourth-order valence-corrected chi connectivity index (χ4v) is 18.9. The molecule has 0 atom stereocenters. The van der Waals surface area contributed by atoms with Crippen molar-refractivity contribution in [2.24, 2.45) is 0 Å². The van der Waals surface area contributed by atoms with Gasteiger partial charge in [-0.3, -0.25) is 4.79 Å². The number of hydrogen-bond donors (Lipinski definition) is 0. The second-order valence-electron chi connectivity index (χ2n) is 34.4. The van der Waals surface area contributed by atoms with Crippen LogP contribution in [0.25, 0.3) is 27.8 Å². The monoisotopic (exact) mass is 1640 g/mol. The molecule has 22 nitrogen and oxygen atoms in total. The lowest BCUT2D eigenvalue weighted by molar-refractivity contribution is -0.158. The number of hydrogen-bond acceptors (Lipinski definition) is 19. The van der Waals surface area contributed by atoms with Gasteiger partial charge < -0.3 is 57.0 Å². The quantitative estimate of drug-likeness (QED) is 0.0119. The topological polar surface area (TPSA) is 255 Å². The number of fused-ring (bicyclic) bond motifs is 4. The van der Waals surface area contributed by atoms with Gasteiger partial charge >= 0.3 is 17.9 Å². The van der Waals surface area contributed by atoms with Crippen LogP contribution in [-0.2, 0) is 97.0 Å². The first kappa shape index (κ1) is 87.2. The highest BCUT2D eigenvalue weighted by atomic mass is 32.2. The molecule has 1 amide bonds. The number of unbranched alkanes of at least 4 members (excludes halogenated alkanes) is 2. The molecule has 0 aromatic heterocycles. The van der Waals surface area contributed by atoms with E-state index in [1.54, 1.807) is 104 Å². The van der Waals surface area contributed by atoms with Gasteiger partial charge in [-0.05, 0) is 230 Å².